The van der Waals surface area contributed by atoms with Gasteiger partial charge in [-0.1, -0.05) is 12.1 Å². The minimum atomic E-state index is 0.0256. The predicted octanol–water partition coefficient (Wildman–Crippen LogP) is 2.78. The highest BCUT2D eigenvalue weighted by molar-refractivity contribution is 6.99. The van der Waals surface area contributed by atoms with Gasteiger partial charge in [0.25, 0.3) is 5.91 Å². The third kappa shape index (κ3) is 4.12. The summed E-state index contributed by atoms with van der Waals surface area (Å²) in [7, 11) is 0. The molecule has 1 aromatic carbocycles. The van der Waals surface area contributed by atoms with Crippen LogP contribution in [0.15, 0.2) is 48.7 Å². The zero-order chi connectivity index (χ0) is 19.3. The monoisotopic (exact) mass is 395 g/mol. The van der Waals surface area contributed by atoms with Crippen LogP contribution in [0.1, 0.15) is 21.7 Å². The van der Waals surface area contributed by atoms with Gasteiger partial charge in [-0.25, -0.2) is 4.98 Å². The number of hydrogen-bond donors (Lipinski definition) is 0. The van der Waals surface area contributed by atoms with E-state index in [0.29, 0.717) is 31.0 Å². The largest absolute Gasteiger partial charge is 0.487 e. The van der Waals surface area contributed by atoms with Crippen molar-refractivity contribution < 1.29 is 9.53 Å². The number of ether oxygens (including phenoxy) is 1. The minimum absolute atomic E-state index is 0.0256. The molecule has 2 aromatic heterocycles. The Balaban J connectivity index is 1.36. The molecular formula is C20H21N5O2S. The van der Waals surface area contributed by atoms with Gasteiger partial charge in [0.2, 0.25) is 0 Å². The van der Waals surface area contributed by atoms with Crippen molar-refractivity contribution >= 4 is 23.5 Å². The molecule has 0 aliphatic carbocycles. The number of hydrogen-bond acceptors (Lipinski definition) is 7. The highest BCUT2D eigenvalue weighted by Crippen LogP contribution is 2.19. The van der Waals surface area contributed by atoms with Crippen molar-refractivity contribution in [3.63, 3.8) is 0 Å². The molecule has 0 spiro atoms. The maximum absolute atomic E-state index is 12.9. The number of carbonyl (C=O) groups excluding carboxylic acids is 1. The maximum Gasteiger partial charge on any atom is 0.254 e. The number of rotatable bonds is 5. The summed E-state index contributed by atoms with van der Waals surface area (Å²) in [5.41, 5.74) is 2.34. The van der Waals surface area contributed by atoms with Crippen molar-refractivity contribution in [3.8, 4) is 5.75 Å². The molecule has 1 fully saturated rings. The third-order valence-corrected chi connectivity index (χ3v) is 5.40. The van der Waals surface area contributed by atoms with E-state index < -0.39 is 0 Å². The standard InChI is InChI=1S/C20H21N5O2S/c1-15-18(23-28-22-15)14-27-17-6-4-5-16(13-17)20(26)25-11-9-24(10-12-25)19-7-2-3-8-21-19/h2-8,13H,9-12,14H2,1H3. The Morgan fingerprint density at radius 1 is 1.11 bits per heavy atom. The second-order valence-corrected chi connectivity index (χ2v) is 7.11. The molecule has 7 nitrogen and oxygen atoms in total. The summed E-state index contributed by atoms with van der Waals surface area (Å²) in [4.78, 5) is 21.4. The lowest BCUT2D eigenvalue weighted by molar-refractivity contribution is 0.0746. The van der Waals surface area contributed by atoms with Crippen molar-refractivity contribution in [2.45, 2.75) is 13.5 Å². The molecule has 28 heavy (non-hydrogen) atoms. The van der Waals surface area contributed by atoms with Crippen LogP contribution in [0.2, 0.25) is 0 Å². The summed E-state index contributed by atoms with van der Waals surface area (Å²) in [6.07, 6.45) is 1.79. The van der Waals surface area contributed by atoms with Gasteiger partial charge in [0.15, 0.2) is 0 Å². The van der Waals surface area contributed by atoms with Crippen LogP contribution in [-0.2, 0) is 6.61 Å². The summed E-state index contributed by atoms with van der Waals surface area (Å²) >= 11 is 1.18. The van der Waals surface area contributed by atoms with E-state index in [0.717, 1.165) is 30.3 Å². The van der Waals surface area contributed by atoms with Gasteiger partial charge in [0.05, 0.1) is 17.4 Å². The van der Waals surface area contributed by atoms with Gasteiger partial charge in [0, 0.05) is 37.9 Å². The molecule has 0 atom stereocenters. The molecule has 0 bridgehead atoms. The molecule has 1 amide bonds. The highest BCUT2D eigenvalue weighted by atomic mass is 32.1. The average Bonchev–Trinajstić information content (AvgIpc) is 3.17. The number of amides is 1. The fraction of sp³-hybridized carbons (Fsp3) is 0.300. The van der Waals surface area contributed by atoms with Gasteiger partial charge < -0.3 is 14.5 Å². The van der Waals surface area contributed by atoms with Gasteiger partial charge in [-0.3, -0.25) is 4.79 Å². The van der Waals surface area contributed by atoms with E-state index in [-0.39, 0.29) is 5.91 Å². The second kappa shape index (κ2) is 8.35. The van der Waals surface area contributed by atoms with E-state index in [2.05, 4.69) is 18.6 Å². The highest BCUT2D eigenvalue weighted by Gasteiger charge is 2.23. The van der Waals surface area contributed by atoms with Gasteiger partial charge in [-0.15, -0.1) is 0 Å². The SMILES string of the molecule is Cc1nsnc1COc1cccc(C(=O)N2CCN(c3ccccn3)CC2)c1. The molecule has 8 heteroatoms. The van der Waals surface area contributed by atoms with E-state index >= 15 is 0 Å². The number of aryl methyl sites for hydroxylation is 1. The first-order valence-corrected chi connectivity index (χ1v) is 9.90. The fourth-order valence-electron chi connectivity index (χ4n) is 3.11. The van der Waals surface area contributed by atoms with E-state index in [1.165, 1.54) is 11.7 Å². The van der Waals surface area contributed by atoms with Gasteiger partial charge in [-0.05, 0) is 37.3 Å². The lowest BCUT2D eigenvalue weighted by Gasteiger charge is -2.35. The Kier molecular flexibility index (Phi) is 5.48. The molecule has 4 rings (SSSR count). The summed E-state index contributed by atoms with van der Waals surface area (Å²) in [6, 6.07) is 13.2. The Morgan fingerprint density at radius 2 is 1.96 bits per heavy atom. The van der Waals surface area contributed by atoms with Crippen LogP contribution in [-0.4, -0.2) is 50.7 Å². The second-order valence-electron chi connectivity index (χ2n) is 6.58. The Hall–Kier alpha value is -3.00. The maximum atomic E-state index is 12.9. The van der Waals surface area contributed by atoms with Crippen LogP contribution in [0.5, 0.6) is 5.75 Å². The number of piperazine rings is 1. The zero-order valence-corrected chi connectivity index (χ0v) is 16.4. The van der Waals surface area contributed by atoms with E-state index in [4.69, 9.17) is 4.74 Å². The molecule has 0 saturated carbocycles. The number of nitrogens with zero attached hydrogens (tertiary/aromatic N) is 5. The average molecular weight is 395 g/mol. The first-order chi connectivity index (χ1) is 13.7. The van der Waals surface area contributed by atoms with Gasteiger partial charge in [-0.2, -0.15) is 8.75 Å². The van der Waals surface area contributed by atoms with E-state index in [1.807, 2.05) is 48.2 Å². The summed E-state index contributed by atoms with van der Waals surface area (Å²) in [5.74, 6) is 1.64. The molecule has 3 heterocycles. The van der Waals surface area contributed by atoms with Crippen LogP contribution in [0.25, 0.3) is 0 Å². The fourth-order valence-corrected chi connectivity index (χ4v) is 3.67. The van der Waals surface area contributed by atoms with Gasteiger partial charge in [0.1, 0.15) is 23.9 Å². The first-order valence-electron chi connectivity index (χ1n) is 9.17. The Labute approximate surface area is 167 Å². The van der Waals surface area contributed by atoms with Crippen LogP contribution in [0, 0.1) is 6.92 Å². The molecule has 0 N–H and O–H groups in total. The number of aromatic nitrogens is 3. The summed E-state index contributed by atoms with van der Waals surface area (Å²) < 4.78 is 14.2. The van der Waals surface area contributed by atoms with Crippen molar-refractivity contribution in [3.05, 3.63) is 65.6 Å². The Morgan fingerprint density at radius 3 is 2.68 bits per heavy atom. The third-order valence-electron chi connectivity index (χ3n) is 4.74. The molecular weight excluding hydrogens is 374 g/mol. The van der Waals surface area contributed by atoms with Crippen LogP contribution in [0.4, 0.5) is 5.82 Å². The molecule has 0 unspecified atom stereocenters. The van der Waals surface area contributed by atoms with E-state index in [9.17, 15) is 4.79 Å². The van der Waals surface area contributed by atoms with Crippen LogP contribution >= 0.6 is 11.7 Å². The van der Waals surface area contributed by atoms with Crippen molar-refractivity contribution in [2.24, 2.45) is 0 Å². The quantitative estimate of drug-likeness (QED) is 0.662. The van der Waals surface area contributed by atoms with Crippen LogP contribution < -0.4 is 9.64 Å². The number of carbonyl (C=O) groups is 1. The lowest BCUT2D eigenvalue weighted by atomic mass is 10.1. The molecule has 3 aromatic rings. The molecule has 1 saturated heterocycles. The molecule has 1 aliphatic heterocycles. The number of pyridine rings is 1. The van der Waals surface area contributed by atoms with Crippen molar-refractivity contribution in [1.29, 1.82) is 0 Å². The lowest BCUT2D eigenvalue weighted by Crippen LogP contribution is -2.49. The van der Waals surface area contributed by atoms with E-state index in [1.54, 1.807) is 12.3 Å². The molecule has 0 radical (unpaired) electrons. The summed E-state index contributed by atoms with van der Waals surface area (Å²) in [5, 5.41) is 0. The zero-order valence-electron chi connectivity index (χ0n) is 15.6. The smallest absolute Gasteiger partial charge is 0.254 e. The van der Waals surface area contributed by atoms with Crippen molar-refractivity contribution in [1.82, 2.24) is 18.6 Å². The number of anilines is 1. The van der Waals surface area contributed by atoms with Crippen LogP contribution in [0.3, 0.4) is 0 Å². The number of benzene rings is 1. The predicted molar refractivity (Wildman–Crippen MR) is 108 cm³/mol. The topological polar surface area (TPSA) is 71.5 Å². The minimum Gasteiger partial charge on any atom is -0.487 e. The Bertz CT molecular complexity index is 939. The molecule has 1 aliphatic rings. The van der Waals surface area contributed by atoms with Gasteiger partial charge >= 0.3 is 0 Å². The van der Waals surface area contributed by atoms with Crippen molar-refractivity contribution in [2.75, 3.05) is 31.1 Å². The normalized spacial score (nSPS) is 14.2. The first kappa shape index (κ1) is 18.4. The molecule has 144 valence electrons. The summed E-state index contributed by atoms with van der Waals surface area (Å²) in [6.45, 7) is 5.15.